The van der Waals surface area contributed by atoms with E-state index in [-0.39, 0.29) is 17.3 Å². The van der Waals surface area contributed by atoms with Crippen molar-refractivity contribution in [2.75, 3.05) is 40.1 Å². The van der Waals surface area contributed by atoms with Gasteiger partial charge >= 0.3 is 0 Å². The number of nitrogens with one attached hydrogen (secondary N) is 2. The van der Waals surface area contributed by atoms with Crippen LogP contribution in [-0.2, 0) is 21.4 Å². The number of methoxy groups -OCH3 is 1. The topological polar surface area (TPSA) is 93.3 Å². The summed E-state index contributed by atoms with van der Waals surface area (Å²) in [5.41, 5.74) is 0.312. The van der Waals surface area contributed by atoms with E-state index in [0.29, 0.717) is 18.0 Å². The van der Waals surface area contributed by atoms with Crippen molar-refractivity contribution in [1.82, 2.24) is 4.31 Å². The second-order valence-corrected chi connectivity index (χ2v) is 8.67. The van der Waals surface area contributed by atoms with Crippen molar-refractivity contribution in [3.8, 4) is 5.75 Å². The molecule has 0 fully saturated rings. The molecule has 9 heteroatoms. The van der Waals surface area contributed by atoms with Gasteiger partial charge in [0.2, 0.25) is 10.0 Å². The Hall–Kier alpha value is -2.36. The Morgan fingerprint density at radius 2 is 1.96 bits per heavy atom. The standard InChI is InChI=1S/C18H25N3O5S/c1-13-6-7-14(26-13)11-21(4)12-18(22)19-16-10-15(8-9-17(16)25-5)27(23,24)20(2)3/h6-10H,11-12H2,1-5H3,(H,19,22)/p+1. The summed E-state index contributed by atoms with van der Waals surface area (Å²) in [5.74, 6) is 1.76. The highest BCUT2D eigenvalue weighted by molar-refractivity contribution is 7.89. The number of carbonyl (C=O) groups excluding carboxylic acids is 1. The zero-order chi connectivity index (χ0) is 20.2. The molecular formula is C18H26N3O5S+. The van der Waals surface area contributed by atoms with Gasteiger partial charge < -0.3 is 19.4 Å². The fourth-order valence-electron chi connectivity index (χ4n) is 2.56. The number of amides is 1. The van der Waals surface area contributed by atoms with Gasteiger partial charge in [-0.05, 0) is 37.3 Å². The first kappa shape index (κ1) is 20.9. The van der Waals surface area contributed by atoms with Crippen LogP contribution in [-0.4, -0.2) is 53.4 Å². The third-order valence-electron chi connectivity index (χ3n) is 3.96. The van der Waals surface area contributed by atoms with E-state index in [2.05, 4.69) is 5.32 Å². The molecule has 27 heavy (non-hydrogen) atoms. The third kappa shape index (κ3) is 5.31. The molecule has 2 aromatic rings. The number of benzene rings is 1. The predicted molar refractivity (Wildman–Crippen MR) is 101 cm³/mol. The molecule has 0 aliphatic carbocycles. The van der Waals surface area contributed by atoms with Crippen molar-refractivity contribution in [1.29, 1.82) is 0 Å². The molecule has 1 atom stereocenters. The van der Waals surface area contributed by atoms with E-state index in [1.165, 1.54) is 39.4 Å². The number of rotatable bonds is 8. The molecular weight excluding hydrogens is 370 g/mol. The van der Waals surface area contributed by atoms with Crippen LogP contribution in [0.3, 0.4) is 0 Å². The number of hydrogen-bond donors (Lipinski definition) is 2. The van der Waals surface area contributed by atoms with Gasteiger partial charge in [-0.2, -0.15) is 0 Å². The van der Waals surface area contributed by atoms with Crippen molar-refractivity contribution in [2.24, 2.45) is 0 Å². The molecule has 1 heterocycles. The highest BCUT2D eigenvalue weighted by Gasteiger charge is 2.20. The number of sulfonamides is 1. The van der Waals surface area contributed by atoms with E-state index in [1.54, 1.807) is 0 Å². The second-order valence-electron chi connectivity index (χ2n) is 6.52. The first-order chi connectivity index (χ1) is 12.6. The predicted octanol–water partition coefficient (Wildman–Crippen LogP) is 0.500. The summed E-state index contributed by atoms with van der Waals surface area (Å²) in [4.78, 5) is 13.4. The molecule has 1 aromatic carbocycles. The average Bonchev–Trinajstić information content (AvgIpc) is 2.98. The molecule has 0 saturated carbocycles. The van der Waals surface area contributed by atoms with Crippen LogP contribution < -0.4 is 15.0 Å². The lowest BCUT2D eigenvalue weighted by Gasteiger charge is -2.16. The Labute approximate surface area is 159 Å². The number of furan rings is 1. The number of quaternary nitrogens is 1. The molecule has 1 aromatic heterocycles. The van der Waals surface area contributed by atoms with Gasteiger partial charge in [-0.25, -0.2) is 12.7 Å². The van der Waals surface area contributed by atoms with Crippen LogP contribution in [0.5, 0.6) is 5.75 Å². The summed E-state index contributed by atoms with van der Waals surface area (Å²) in [6, 6.07) is 8.13. The van der Waals surface area contributed by atoms with E-state index in [0.717, 1.165) is 20.7 Å². The average molecular weight is 396 g/mol. The summed E-state index contributed by atoms with van der Waals surface area (Å²) < 4.78 is 36.5. The Bertz CT molecular complexity index is 905. The maximum absolute atomic E-state index is 12.4. The molecule has 0 radical (unpaired) electrons. The summed E-state index contributed by atoms with van der Waals surface area (Å²) in [7, 11) is 2.63. The van der Waals surface area contributed by atoms with Gasteiger partial charge in [0, 0.05) is 14.1 Å². The number of ether oxygens (including phenoxy) is 1. The van der Waals surface area contributed by atoms with Crippen LogP contribution in [0.1, 0.15) is 11.5 Å². The number of anilines is 1. The van der Waals surface area contributed by atoms with Gasteiger partial charge in [-0.1, -0.05) is 0 Å². The minimum absolute atomic E-state index is 0.0790. The second kappa shape index (κ2) is 8.55. The van der Waals surface area contributed by atoms with Gasteiger partial charge in [0.1, 0.15) is 18.1 Å². The quantitative estimate of drug-likeness (QED) is 0.678. The van der Waals surface area contributed by atoms with Gasteiger partial charge in [-0.3, -0.25) is 4.79 Å². The Morgan fingerprint density at radius 3 is 2.52 bits per heavy atom. The number of carbonyl (C=O) groups is 1. The van der Waals surface area contributed by atoms with Crippen LogP contribution >= 0.6 is 0 Å². The Kier molecular flexibility index (Phi) is 6.63. The molecule has 0 bridgehead atoms. The highest BCUT2D eigenvalue weighted by Crippen LogP contribution is 2.28. The summed E-state index contributed by atoms with van der Waals surface area (Å²) in [5, 5.41) is 2.74. The van der Waals surface area contributed by atoms with Gasteiger partial charge in [0.05, 0.1) is 24.7 Å². The monoisotopic (exact) mass is 396 g/mol. The van der Waals surface area contributed by atoms with Crippen molar-refractivity contribution < 1.29 is 27.3 Å². The van der Waals surface area contributed by atoms with E-state index < -0.39 is 10.0 Å². The van der Waals surface area contributed by atoms with E-state index in [1.807, 2.05) is 26.1 Å². The Balaban J connectivity index is 2.11. The fraction of sp³-hybridized carbons (Fsp3) is 0.389. The van der Waals surface area contributed by atoms with Crippen LogP contribution in [0.2, 0.25) is 0 Å². The number of nitrogens with zero attached hydrogens (tertiary/aromatic N) is 1. The zero-order valence-electron chi connectivity index (χ0n) is 16.2. The molecule has 1 amide bonds. The minimum Gasteiger partial charge on any atom is -0.495 e. The van der Waals surface area contributed by atoms with Crippen molar-refractivity contribution in [2.45, 2.75) is 18.4 Å². The maximum atomic E-state index is 12.4. The highest BCUT2D eigenvalue weighted by atomic mass is 32.2. The maximum Gasteiger partial charge on any atom is 0.279 e. The van der Waals surface area contributed by atoms with E-state index in [9.17, 15) is 13.2 Å². The molecule has 2 rings (SSSR count). The molecule has 0 saturated heterocycles. The van der Waals surface area contributed by atoms with Gasteiger partial charge in [0.15, 0.2) is 12.3 Å². The first-order valence-electron chi connectivity index (χ1n) is 8.40. The van der Waals surface area contributed by atoms with E-state index in [4.69, 9.17) is 9.15 Å². The Morgan fingerprint density at radius 1 is 1.26 bits per heavy atom. The SMILES string of the molecule is COc1ccc(S(=O)(=O)N(C)C)cc1NC(=O)C[NH+](C)Cc1ccc(C)o1. The van der Waals surface area contributed by atoms with Crippen LogP contribution in [0.25, 0.3) is 0 Å². The molecule has 2 N–H and O–H groups in total. The number of hydrogen-bond acceptors (Lipinski definition) is 5. The molecule has 148 valence electrons. The molecule has 1 unspecified atom stereocenters. The fourth-order valence-corrected chi connectivity index (χ4v) is 3.49. The molecule has 8 nitrogen and oxygen atoms in total. The lowest BCUT2D eigenvalue weighted by Crippen LogP contribution is -3.08. The van der Waals surface area contributed by atoms with Crippen LogP contribution in [0, 0.1) is 6.92 Å². The van der Waals surface area contributed by atoms with Crippen molar-refractivity contribution in [3.63, 3.8) is 0 Å². The molecule has 0 aliphatic rings. The van der Waals surface area contributed by atoms with Gasteiger partial charge in [0.25, 0.3) is 5.91 Å². The summed E-state index contributed by atoms with van der Waals surface area (Å²) in [6.07, 6.45) is 0. The normalized spacial score (nSPS) is 12.8. The number of aryl methyl sites for hydroxylation is 1. The lowest BCUT2D eigenvalue weighted by molar-refractivity contribution is -0.886. The third-order valence-corrected chi connectivity index (χ3v) is 5.77. The van der Waals surface area contributed by atoms with Crippen molar-refractivity contribution in [3.05, 3.63) is 41.9 Å². The summed E-state index contributed by atoms with van der Waals surface area (Å²) >= 11 is 0. The zero-order valence-corrected chi connectivity index (χ0v) is 17.0. The molecule has 0 spiro atoms. The van der Waals surface area contributed by atoms with Crippen LogP contribution in [0.15, 0.2) is 39.6 Å². The van der Waals surface area contributed by atoms with E-state index >= 15 is 0 Å². The first-order valence-corrected chi connectivity index (χ1v) is 9.84. The van der Waals surface area contributed by atoms with Crippen molar-refractivity contribution >= 4 is 21.6 Å². The van der Waals surface area contributed by atoms with Crippen LogP contribution in [0.4, 0.5) is 5.69 Å². The molecule has 0 aliphatic heterocycles. The largest absolute Gasteiger partial charge is 0.495 e. The minimum atomic E-state index is -3.61. The number of likely N-dealkylation sites (N-methyl/N-ethyl adjacent to an activating group) is 1. The smallest absolute Gasteiger partial charge is 0.279 e. The van der Waals surface area contributed by atoms with Gasteiger partial charge in [-0.15, -0.1) is 0 Å². The lowest BCUT2D eigenvalue weighted by atomic mass is 10.3. The summed E-state index contributed by atoms with van der Waals surface area (Å²) in [6.45, 7) is 2.62.